The van der Waals surface area contributed by atoms with Crippen molar-refractivity contribution in [3.63, 3.8) is 0 Å². The summed E-state index contributed by atoms with van der Waals surface area (Å²) in [5.74, 6) is 0.952. The quantitative estimate of drug-likeness (QED) is 0.715. The highest BCUT2D eigenvalue weighted by atomic mass is 16.5. The Morgan fingerprint density at radius 3 is 2.48 bits per heavy atom. The first-order valence-electron chi connectivity index (χ1n) is 7.37. The smallest absolute Gasteiger partial charge is 0.211 e. The second kappa shape index (κ2) is 3.91. The molecule has 0 aliphatic carbocycles. The zero-order valence-electron chi connectivity index (χ0n) is 12.6. The SMILES string of the molecule is CN1c2ccccc2C(C)(C)[C@@]12C=Cc1ccccc1O2. The van der Waals surface area contributed by atoms with E-state index in [2.05, 4.69) is 68.3 Å². The Labute approximate surface area is 125 Å². The number of rotatable bonds is 0. The Bertz CT molecular complexity index is 747. The van der Waals surface area contributed by atoms with E-state index < -0.39 is 5.72 Å². The first-order valence-corrected chi connectivity index (χ1v) is 7.37. The summed E-state index contributed by atoms with van der Waals surface area (Å²) in [6.07, 6.45) is 4.39. The monoisotopic (exact) mass is 277 g/mol. The molecule has 1 atom stereocenters. The molecule has 106 valence electrons. The molecular weight excluding hydrogens is 258 g/mol. The van der Waals surface area contributed by atoms with Crippen molar-refractivity contribution in [2.45, 2.75) is 25.0 Å². The van der Waals surface area contributed by atoms with E-state index in [9.17, 15) is 0 Å². The summed E-state index contributed by atoms with van der Waals surface area (Å²) >= 11 is 0. The van der Waals surface area contributed by atoms with Gasteiger partial charge in [-0.3, -0.25) is 0 Å². The van der Waals surface area contributed by atoms with Crippen LogP contribution in [0.25, 0.3) is 6.08 Å². The Hall–Kier alpha value is -2.22. The number of nitrogens with zero attached hydrogens (tertiary/aromatic N) is 1. The third-order valence-electron chi connectivity index (χ3n) is 5.01. The molecule has 0 radical (unpaired) electrons. The molecule has 21 heavy (non-hydrogen) atoms. The lowest BCUT2D eigenvalue weighted by atomic mass is 9.76. The summed E-state index contributed by atoms with van der Waals surface area (Å²) in [4.78, 5) is 2.26. The highest BCUT2D eigenvalue weighted by Crippen LogP contribution is 2.53. The molecule has 2 nitrogen and oxygen atoms in total. The van der Waals surface area contributed by atoms with Gasteiger partial charge in [0.05, 0.1) is 5.41 Å². The van der Waals surface area contributed by atoms with Gasteiger partial charge in [-0.05, 0) is 43.7 Å². The molecule has 0 bridgehead atoms. The number of hydrogen-bond acceptors (Lipinski definition) is 2. The van der Waals surface area contributed by atoms with Crippen LogP contribution in [-0.4, -0.2) is 12.8 Å². The molecule has 2 aliphatic heterocycles. The number of likely N-dealkylation sites (N-methyl/N-ethyl adjacent to an activating group) is 1. The van der Waals surface area contributed by atoms with Gasteiger partial charge in [0.1, 0.15) is 5.75 Å². The molecule has 2 aromatic carbocycles. The van der Waals surface area contributed by atoms with Crippen LogP contribution in [0.5, 0.6) is 5.75 Å². The first kappa shape index (κ1) is 12.5. The largest absolute Gasteiger partial charge is 0.463 e. The third kappa shape index (κ3) is 1.42. The predicted molar refractivity (Wildman–Crippen MR) is 86.7 cm³/mol. The van der Waals surface area contributed by atoms with E-state index in [0.717, 1.165) is 11.3 Å². The number of ether oxygens (including phenoxy) is 1. The highest BCUT2D eigenvalue weighted by molar-refractivity contribution is 5.71. The normalized spacial score (nSPS) is 24.6. The number of fused-ring (bicyclic) bond motifs is 2. The van der Waals surface area contributed by atoms with Gasteiger partial charge in [0.25, 0.3) is 0 Å². The van der Waals surface area contributed by atoms with Crippen LogP contribution in [0.1, 0.15) is 25.0 Å². The van der Waals surface area contributed by atoms with Crippen LogP contribution in [0.2, 0.25) is 0 Å². The van der Waals surface area contributed by atoms with Gasteiger partial charge < -0.3 is 9.64 Å². The third-order valence-corrected chi connectivity index (χ3v) is 5.01. The summed E-state index contributed by atoms with van der Waals surface area (Å²) in [7, 11) is 2.12. The van der Waals surface area contributed by atoms with Crippen molar-refractivity contribution in [3.05, 3.63) is 65.7 Å². The van der Waals surface area contributed by atoms with Gasteiger partial charge in [-0.2, -0.15) is 0 Å². The van der Waals surface area contributed by atoms with Crippen LogP contribution >= 0.6 is 0 Å². The van der Waals surface area contributed by atoms with E-state index in [1.165, 1.54) is 11.3 Å². The van der Waals surface area contributed by atoms with Crippen LogP contribution < -0.4 is 9.64 Å². The lowest BCUT2D eigenvalue weighted by Crippen LogP contribution is -2.58. The van der Waals surface area contributed by atoms with Gasteiger partial charge in [-0.15, -0.1) is 0 Å². The predicted octanol–water partition coefficient (Wildman–Crippen LogP) is 4.22. The minimum atomic E-state index is -0.467. The molecule has 2 heterocycles. The van der Waals surface area contributed by atoms with Crippen molar-refractivity contribution >= 4 is 11.8 Å². The Kier molecular flexibility index (Phi) is 2.33. The van der Waals surface area contributed by atoms with Gasteiger partial charge in [-0.25, -0.2) is 0 Å². The lowest BCUT2D eigenvalue weighted by molar-refractivity contribution is 0.0582. The fourth-order valence-corrected chi connectivity index (χ4v) is 3.72. The van der Waals surface area contributed by atoms with E-state index in [1.807, 2.05) is 18.2 Å². The average molecular weight is 277 g/mol. The minimum Gasteiger partial charge on any atom is -0.463 e. The zero-order valence-corrected chi connectivity index (χ0v) is 12.6. The molecule has 0 amide bonds. The summed E-state index contributed by atoms with van der Waals surface area (Å²) in [5, 5.41) is 0. The van der Waals surface area contributed by atoms with Crippen molar-refractivity contribution in [2.75, 3.05) is 11.9 Å². The van der Waals surface area contributed by atoms with Gasteiger partial charge in [-0.1, -0.05) is 36.4 Å². The lowest BCUT2D eigenvalue weighted by Gasteiger charge is -2.45. The molecule has 0 saturated carbocycles. The molecule has 0 saturated heterocycles. The van der Waals surface area contributed by atoms with Crippen LogP contribution in [0, 0.1) is 0 Å². The van der Waals surface area contributed by atoms with Crippen molar-refractivity contribution in [2.24, 2.45) is 0 Å². The van der Waals surface area contributed by atoms with E-state index >= 15 is 0 Å². The molecule has 4 rings (SSSR count). The zero-order chi connectivity index (χ0) is 14.7. The van der Waals surface area contributed by atoms with Gasteiger partial charge in [0.2, 0.25) is 5.72 Å². The second-order valence-corrected chi connectivity index (χ2v) is 6.37. The Balaban J connectivity index is 1.92. The topological polar surface area (TPSA) is 12.5 Å². The van der Waals surface area contributed by atoms with Crippen LogP contribution in [-0.2, 0) is 5.41 Å². The molecule has 2 aromatic rings. The summed E-state index contributed by atoms with van der Waals surface area (Å²) < 4.78 is 6.53. The fraction of sp³-hybridized carbons (Fsp3) is 0.263. The highest BCUT2D eigenvalue weighted by Gasteiger charge is 2.57. The van der Waals surface area contributed by atoms with Crippen molar-refractivity contribution in [1.29, 1.82) is 0 Å². The Morgan fingerprint density at radius 1 is 0.952 bits per heavy atom. The van der Waals surface area contributed by atoms with E-state index in [4.69, 9.17) is 4.74 Å². The Morgan fingerprint density at radius 2 is 1.67 bits per heavy atom. The van der Waals surface area contributed by atoms with E-state index in [-0.39, 0.29) is 5.41 Å². The van der Waals surface area contributed by atoms with Crippen molar-refractivity contribution in [3.8, 4) is 5.75 Å². The van der Waals surface area contributed by atoms with Crippen molar-refractivity contribution in [1.82, 2.24) is 0 Å². The molecule has 2 aliphatic rings. The molecule has 2 heteroatoms. The van der Waals surface area contributed by atoms with Gasteiger partial charge in [0, 0.05) is 18.3 Å². The minimum absolute atomic E-state index is 0.123. The average Bonchev–Trinajstić information content (AvgIpc) is 2.67. The maximum atomic E-state index is 6.53. The van der Waals surface area contributed by atoms with Crippen molar-refractivity contribution < 1.29 is 4.74 Å². The van der Waals surface area contributed by atoms with E-state index in [1.54, 1.807) is 0 Å². The molecule has 1 spiro atoms. The molecule has 0 N–H and O–H groups in total. The number of anilines is 1. The number of benzene rings is 2. The van der Waals surface area contributed by atoms with Gasteiger partial charge in [0.15, 0.2) is 0 Å². The number of hydrogen-bond donors (Lipinski definition) is 0. The summed E-state index contributed by atoms with van der Waals surface area (Å²) in [6, 6.07) is 16.8. The summed E-state index contributed by atoms with van der Waals surface area (Å²) in [6.45, 7) is 4.52. The van der Waals surface area contributed by atoms with E-state index in [0.29, 0.717) is 0 Å². The number of para-hydroxylation sites is 2. The maximum absolute atomic E-state index is 6.53. The first-order chi connectivity index (χ1) is 10.1. The maximum Gasteiger partial charge on any atom is 0.211 e. The van der Waals surface area contributed by atoms with Crippen LogP contribution in [0.3, 0.4) is 0 Å². The molecule has 0 aromatic heterocycles. The van der Waals surface area contributed by atoms with Crippen LogP contribution in [0.15, 0.2) is 54.6 Å². The standard InChI is InChI=1S/C19H19NO/c1-18(2)15-9-5-6-10-16(15)20(3)19(18)13-12-14-8-4-7-11-17(14)21-19/h4-13H,1-3H3/t19-/m0/s1. The molecule has 0 unspecified atom stereocenters. The second-order valence-electron chi connectivity index (χ2n) is 6.37. The summed E-state index contributed by atoms with van der Waals surface area (Å²) in [5.41, 5.74) is 3.12. The molecular formula is C19H19NO. The van der Waals surface area contributed by atoms with Crippen LogP contribution in [0.4, 0.5) is 5.69 Å². The fourth-order valence-electron chi connectivity index (χ4n) is 3.72. The van der Waals surface area contributed by atoms with Gasteiger partial charge >= 0.3 is 0 Å². The molecule has 0 fully saturated rings.